The van der Waals surface area contributed by atoms with Crippen LogP contribution in [0.15, 0.2) is 24.3 Å². The fourth-order valence-electron chi connectivity index (χ4n) is 1.14. The SMILES string of the molecule is CC#CCOC(C#N)NC(=O)c1cccc(Cl)c1. The van der Waals surface area contributed by atoms with Gasteiger partial charge in [-0.15, -0.1) is 5.92 Å². The van der Waals surface area contributed by atoms with Crippen LogP contribution in [0.25, 0.3) is 0 Å². The van der Waals surface area contributed by atoms with Gasteiger partial charge in [0.15, 0.2) is 0 Å². The molecule has 1 N–H and O–H groups in total. The molecular weight excluding hydrogens is 252 g/mol. The molecule has 0 aliphatic carbocycles. The third-order valence-corrected chi connectivity index (χ3v) is 2.20. The number of halogens is 1. The van der Waals surface area contributed by atoms with Crippen molar-refractivity contribution in [2.24, 2.45) is 0 Å². The van der Waals surface area contributed by atoms with Crippen LogP contribution < -0.4 is 5.32 Å². The summed E-state index contributed by atoms with van der Waals surface area (Å²) in [6.45, 7) is 1.75. The Labute approximate surface area is 111 Å². The molecule has 1 atom stereocenters. The molecule has 0 saturated heterocycles. The van der Waals surface area contributed by atoms with E-state index >= 15 is 0 Å². The van der Waals surface area contributed by atoms with Crippen molar-refractivity contribution in [3.05, 3.63) is 34.9 Å². The van der Waals surface area contributed by atoms with Gasteiger partial charge in [0.1, 0.15) is 12.7 Å². The van der Waals surface area contributed by atoms with Crippen LogP contribution in [0.3, 0.4) is 0 Å². The van der Waals surface area contributed by atoms with Gasteiger partial charge in [0.25, 0.3) is 5.91 Å². The van der Waals surface area contributed by atoms with E-state index in [-0.39, 0.29) is 6.61 Å². The topological polar surface area (TPSA) is 62.1 Å². The van der Waals surface area contributed by atoms with E-state index in [0.29, 0.717) is 10.6 Å². The van der Waals surface area contributed by atoms with Crippen LogP contribution in [-0.2, 0) is 4.74 Å². The fourth-order valence-corrected chi connectivity index (χ4v) is 1.33. The van der Waals surface area contributed by atoms with Crippen molar-refractivity contribution in [1.29, 1.82) is 5.26 Å². The Kier molecular flexibility index (Phi) is 5.73. The lowest BCUT2D eigenvalue weighted by atomic mass is 10.2. The zero-order valence-electron chi connectivity index (χ0n) is 9.74. The number of amides is 1. The molecule has 5 heteroatoms. The van der Waals surface area contributed by atoms with E-state index in [9.17, 15) is 4.79 Å². The number of nitriles is 1. The van der Waals surface area contributed by atoms with E-state index in [1.165, 1.54) is 6.07 Å². The Morgan fingerprint density at radius 3 is 3.00 bits per heavy atom. The highest BCUT2D eigenvalue weighted by atomic mass is 35.5. The monoisotopic (exact) mass is 262 g/mol. The summed E-state index contributed by atoms with van der Waals surface area (Å²) in [5, 5.41) is 11.7. The Bertz CT molecular complexity index is 526. The highest BCUT2D eigenvalue weighted by molar-refractivity contribution is 6.30. The van der Waals surface area contributed by atoms with E-state index in [0.717, 1.165) is 0 Å². The number of hydrogen-bond donors (Lipinski definition) is 1. The van der Waals surface area contributed by atoms with Crippen LogP contribution in [0.4, 0.5) is 0 Å². The van der Waals surface area contributed by atoms with E-state index in [1.54, 1.807) is 25.1 Å². The lowest BCUT2D eigenvalue weighted by Gasteiger charge is -2.10. The van der Waals surface area contributed by atoms with Crippen molar-refractivity contribution >= 4 is 17.5 Å². The molecule has 0 saturated carbocycles. The number of nitrogens with zero attached hydrogens (tertiary/aromatic N) is 1. The van der Waals surface area contributed by atoms with Gasteiger partial charge >= 0.3 is 0 Å². The number of hydrogen-bond acceptors (Lipinski definition) is 3. The Morgan fingerprint density at radius 1 is 1.61 bits per heavy atom. The molecule has 1 rings (SSSR count). The van der Waals surface area contributed by atoms with Crippen LogP contribution in [0.1, 0.15) is 17.3 Å². The van der Waals surface area contributed by atoms with E-state index in [2.05, 4.69) is 17.2 Å². The fraction of sp³-hybridized carbons (Fsp3) is 0.231. The number of ether oxygens (including phenoxy) is 1. The quantitative estimate of drug-likeness (QED) is 0.666. The summed E-state index contributed by atoms with van der Waals surface area (Å²) in [5.41, 5.74) is 0.368. The van der Waals surface area contributed by atoms with Gasteiger partial charge in [-0.2, -0.15) is 5.26 Å². The highest BCUT2D eigenvalue weighted by Gasteiger charge is 2.12. The lowest BCUT2D eigenvalue weighted by molar-refractivity contribution is 0.0685. The smallest absolute Gasteiger partial charge is 0.254 e. The maximum atomic E-state index is 11.8. The van der Waals surface area contributed by atoms with Gasteiger partial charge in [-0.05, 0) is 25.1 Å². The van der Waals surface area contributed by atoms with Gasteiger partial charge in [0.2, 0.25) is 6.23 Å². The molecule has 1 unspecified atom stereocenters. The average Bonchev–Trinajstić information content (AvgIpc) is 2.37. The van der Waals surface area contributed by atoms with Gasteiger partial charge in [0.05, 0.1) is 0 Å². The highest BCUT2D eigenvalue weighted by Crippen LogP contribution is 2.10. The summed E-state index contributed by atoms with van der Waals surface area (Å²) in [7, 11) is 0. The standard InChI is InChI=1S/C13H11ClN2O2/c1-2-3-7-18-12(9-15)16-13(17)10-5-4-6-11(14)8-10/h4-6,8,12H,7H2,1H3,(H,16,17). The molecule has 1 aromatic carbocycles. The summed E-state index contributed by atoms with van der Waals surface area (Å²) in [6, 6.07) is 8.25. The van der Waals surface area contributed by atoms with Crippen LogP contribution in [-0.4, -0.2) is 18.7 Å². The van der Waals surface area contributed by atoms with Crippen LogP contribution >= 0.6 is 11.6 Å². The zero-order chi connectivity index (χ0) is 13.4. The molecule has 0 heterocycles. The first kappa shape index (κ1) is 14.1. The second-order valence-corrected chi connectivity index (χ2v) is 3.67. The normalized spacial score (nSPS) is 10.7. The van der Waals surface area contributed by atoms with Crippen molar-refractivity contribution in [2.45, 2.75) is 13.2 Å². The van der Waals surface area contributed by atoms with Crippen LogP contribution in [0.2, 0.25) is 5.02 Å². The van der Waals surface area contributed by atoms with Crippen LogP contribution in [0, 0.1) is 23.2 Å². The molecule has 1 amide bonds. The predicted molar refractivity (Wildman–Crippen MR) is 67.7 cm³/mol. The third-order valence-electron chi connectivity index (χ3n) is 1.97. The Balaban J connectivity index is 2.62. The van der Waals surface area contributed by atoms with Crippen molar-refractivity contribution in [3.63, 3.8) is 0 Å². The second-order valence-electron chi connectivity index (χ2n) is 3.23. The first-order valence-electron chi connectivity index (χ1n) is 5.14. The van der Waals surface area contributed by atoms with Gasteiger partial charge in [-0.1, -0.05) is 23.6 Å². The van der Waals surface area contributed by atoms with E-state index in [1.807, 2.05) is 6.07 Å². The molecule has 0 aromatic heterocycles. The Hall–Kier alpha value is -2.01. The Morgan fingerprint density at radius 2 is 2.39 bits per heavy atom. The van der Waals surface area contributed by atoms with Crippen molar-refractivity contribution in [2.75, 3.05) is 6.61 Å². The van der Waals surface area contributed by atoms with Gasteiger partial charge in [0, 0.05) is 10.6 Å². The molecule has 4 nitrogen and oxygen atoms in total. The first-order valence-corrected chi connectivity index (χ1v) is 5.52. The number of rotatable bonds is 4. The van der Waals surface area contributed by atoms with Crippen molar-refractivity contribution in [1.82, 2.24) is 5.32 Å². The predicted octanol–water partition coefficient (Wildman–Crippen LogP) is 1.96. The number of carbonyl (C=O) groups is 1. The van der Waals surface area contributed by atoms with Gasteiger partial charge in [-0.25, -0.2) is 0 Å². The molecule has 0 bridgehead atoms. The number of benzene rings is 1. The third kappa shape index (κ3) is 4.47. The summed E-state index contributed by atoms with van der Waals surface area (Å²) in [6.07, 6.45) is -1.03. The van der Waals surface area contributed by atoms with Gasteiger partial charge < -0.3 is 10.1 Å². The van der Waals surface area contributed by atoms with Crippen molar-refractivity contribution < 1.29 is 9.53 Å². The molecular formula is C13H11ClN2O2. The molecule has 92 valence electrons. The maximum Gasteiger partial charge on any atom is 0.254 e. The molecule has 0 fully saturated rings. The van der Waals surface area contributed by atoms with E-state index in [4.69, 9.17) is 21.6 Å². The minimum atomic E-state index is -1.03. The summed E-state index contributed by atoms with van der Waals surface area (Å²) >= 11 is 5.77. The molecule has 0 aliphatic heterocycles. The minimum absolute atomic E-state index is 0.0878. The summed E-state index contributed by atoms with van der Waals surface area (Å²) < 4.78 is 5.05. The van der Waals surface area contributed by atoms with Crippen molar-refractivity contribution in [3.8, 4) is 17.9 Å². The second kappa shape index (κ2) is 7.34. The summed E-state index contributed by atoms with van der Waals surface area (Å²) in [5.74, 6) is 4.84. The molecule has 0 radical (unpaired) electrons. The molecule has 0 aliphatic rings. The molecule has 18 heavy (non-hydrogen) atoms. The zero-order valence-corrected chi connectivity index (χ0v) is 10.5. The average molecular weight is 263 g/mol. The molecule has 1 aromatic rings. The number of nitrogens with one attached hydrogen (secondary N) is 1. The number of carbonyl (C=O) groups excluding carboxylic acids is 1. The molecule has 0 spiro atoms. The largest absolute Gasteiger partial charge is 0.332 e. The first-order chi connectivity index (χ1) is 8.67. The minimum Gasteiger partial charge on any atom is -0.332 e. The lowest BCUT2D eigenvalue weighted by Crippen LogP contribution is -2.35. The van der Waals surface area contributed by atoms with Crippen LogP contribution in [0.5, 0.6) is 0 Å². The van der Waals surface area contributed by atoms with E-state index < -0.39 is 12.1 Å². The maximum absolute atomic E-state index is 11.8. The van der Waals surface area contributed by atoms with Gasteiger partial charge in [-0.3, -0.25) is 4.79 Å². The summed E-state index contributed by atoms with van der Waals surface area (Å²) in [4.78, 5) is 11.8.